The van der Waals surface area contributed by atoms with E-state index in [1.807, 2.05) is 78.9 Å². The third kappa shape index (κ3) is 2.44. The van der Waals surface area contributed by atoms with E-state index in [2.05, 4.69) is 10.1 Å². The average molecular weight is 313 g/mol. The van der Waals surface area contributed by atoms with Crippen molar-refractivity contribution in [2.24, 2.45) is 0 Å². The normalized spacial score (nSPS) is 10.7. The number of rotatable bonds is 3. The van der Waals surface area contributed by atoms with Gasteiger partial charge >= 0.3 is 0 Å². The van der Waals surface area contributed by atoms with Gasteiger partial charge in [-0.3, -0.25) is 4.98 Å². The second kappa shape index (κ2) is 6.01. The van der Waals surface area contributed by atoms with E-state index in [0.29, 0.717) is 17.1 Å². The second-order valence-electron chi connectivity index (χ2n) is 5.37. The highest BCUT2D eigenvalue weighted by Crippen LogP contribution is 2.38. The summed E-state index contributed by atoms with van der Waals surface area (Å²) in [7, 11) is 0. The number of nitrogens with zero attached hydrogens (tertiary/aromatic N) is 3. The van der Waals surface area contributed by atoms with Crippen molar-refractivity contribution >= 4 is 0 Å². The number of hydrogen-bond acceptors (Lipinski definition) is 3. The zero-order chi connectivity index (χ0) is 16.4. The van der Waals surface area contributed by atoms with Crippen LogP contribution in [-0.4, -0.2) is 19.9 Å². The fourth-order valence-corrected chi connectivity index (χ4v) is 2.69. The lowest BCUT2D eigenvalue weighted by Gasteiger charge is -2.06. The van der Waals surface area contributed by atoms with Crippen LogP contribution >= 0.6 is 0 Å². The molecular formula is C20H15N3O. The lowest BCUT2D eigenvalue weighted by atomic mass is 10.1. The Kier molecular flexibility index (Phi) is 3.56. The third-order valence-corrected chi connectivity index (χ3v) is 3.82. The molecule has 0 saturated heterocycles. The van der Waals surface area contributed by atoms with Crippen molar-refractivity contribution in [3.05, 3.63) is 85.1 Å². The first-order valence-corrected chi connectivity index (χ1v) is 7.69. The summed E-state index contributed by atoms with van der Waals surface area (Å²) < 4.78 is 1.74. The first-order valence-electron chi connectivity index (χ1n) is 7.69. The quantitative estimate of drug-likeness (QED) is 0.613. The van der Waals surface area contributed by atoms with Crippen LogP contribution in [0.15, 0.2) is 85.1 Å². The Morgan fingerprint density at radius 3 is 2.08 bits per heavy atom. The molecule has 0 unspecified atom stereocenters. The Morgan fingerprint density at radius 1 is 0.750 bits per heavy atom. The smallest absolute Gasteiger partial charge is 0.172 e. The summed E-state index contributed by atoms with van der Waals surface area (Å²) >= 11 is 0. The van der Waals surface area contributed by atoms with Crippen LogP contribution in [0.25, 0.3) is 28.3 Å². The Morgan fingerprint density at radius 2 is 1.42 bits per heavy atom. The number of pyridine rings is 1. The van der Waals surface area contributed by atoms with Crippen LogP contribution in [0.2, 0.25) is 0 Å². The Hall–Kier alpha value is -3.40. The highest BCUT2D eigenvalue weighted by atomic mass is 16.3. The van der Waals surface area contributed by atoms with Crippen molar-refractivity contribution in [3.8, 4) is 34.1 Å². The molecule has 116 valence electrons. The first-order chi connectivity index (χ1) is 11.8. The molecular weight excluding hydrogens is 298 g/mol. The Balaban J connectivity index is 1.99. The highest BCUT2D eigenvalue weighted by molar-refractivity contribution is 5.77. The van der Waals surface area contributed by atoms with Crippen molar-refractivity contribution in [2.75, 3.05) is 0 Å². The molecule has 0 fully saturated rings. The summed E-state index contributed by atoms with van der Waals surface area (Å²) in [5.41, 5.74) is 3.53. The largest absolute Gasteiger partial charge is 0.504 e. The molecule has 2 aromatic carbocycles. The summed E-state index contributed by atoms with van der Waals surface area (Å²) in [5, 5.41) is 15.5. The van der Waals surface area contributed by atoms with E-state index in [9.17, 15) is 5.11 Å². The van der Waals surface area contributed by atoms with Gasteiger partial charge in [0.25, 0.3) is 0 Å². The highest BCUT2D eigenvalue weighted by Gasteiger charge is 2.21. The van der Waals surface area contributed by atoms with Crippen molar-refractivity contribution in [3.63, 3.8) is 0 Å². The lowest BCUT2D eigenvalue weighted by Crippen LogP contribution is -1.99. The zero-order valence-electron chi connectivity index (χ0n) is 12.9. The molecule has 1 N–H and O–H groups in total. The average Bonchev–Trinajstić information content (AvgIpc) is 3.01. The van der Waals surface area contributed by atoms with Gasteiger partial charge in [-0.05, 0) is 24.3 Å². The van der Waals surface area contributed by atoms with E-state index < -0.39 is 0 Å². The molecule has 4 heteroatoms. The van der Waals surface area contributed by atoms with E-state index >= 15 is 0 Å². The number of hydrogen-bond donors (Lipinski definition) is 1. The molecule has 0 aliphatic carbocycles. The van der Waals surface area contributed by atoms with Crippen molar-refractivity contribution in [1.29, 1.82) is 0 Å². The molecule has 4 rings (SSSR count). The van der Waals surface area contributed by atoms with Gasteiger partial charge in [0.2, 0.25) is 0 Å². The van der Waals surface area contributed by atoms with Gasteiger partial charge in [-0.2, -0.15) is 5.10 Å². The minimum absolute atomic E-state index is 0.128. The van der Waals surface area contributed by atoms with E-state index in [1.165, 1.54) is 0 Å². The molecule has 24 heavy (non-hydrogen) atoms. The molecule has 0 atom stereocenters. The molecule has 0 spiro atoms. The van der Waals surface area contributed by atoms with Crippen LogP contribution in [-0.2, 0) is 0 Å². The van der Waals surface area contributed by atoms with Crippen LogP contribution in [0.5, 0.6) is 5.75 Å². The van der Waals surface area contributed by atoms with Crippen LogP contribution in [0, 0.1) is 0 Å². The lowest BCUT2D eigenvalue weighted by molar-refractivity contribution is 0.479. The van der Waals surface area contributed by atoms with Crippen LogP contribution in [0.4, 0.5) is 0 Å². The van der Waals surface area contributed by atoms with Gasteiger partial charge in [0, 0.05) is 11.8 Å². The van der Waals surface area contributed by atoms with Gasteiger partial charge in [0.05, 0.1) is 11.4 Å². The number of aromatic nitrogens is 3. The van der Waals surface area contributed by atoms with E-state index in [-0.39, 0.29) is 5.75 Å². The van der Waals surface area contributed by atoms with Crippen LogP contribution < -0.4 is 0 Å². The first kappa shape index (κ1) is 14.2. The summed E-state index contributed by atoms with van der Waals surface area (Å²) in [6.07, 6.45) is 1.71. The monoisotopic (exact) mass is 313 g/mol. The molecule has 0 radical (unpaired) electrons. The van der Waals surface area contributed by atoms with Crippen molar-refractivity contribution in [1.82, 2.24) is 14.8 Å². The molecule has 0 bridgehead atoms. The molecule has 2 heterocycles. The fourth-order valence-electron chi connectivity index (χ4n) is 2.69. The minimum atomic E-state index is 0.128. The maximum atomic E-state index is 10.9. The van der Waals surface area contributed by atoms with Gasteiger partial charge < -0.3 is 5.11 Å². The van der Waals surface area contributed by atoms with E-state index in [0.717, 1.165) is 11.3 Å². The van der Waals surface area contributed by atoms with Crippen molar-refractivity contribution in [2.45, 2.75) is 0 Å². The van der Waals surface area contributed by atoms with E-state index in [4.69, 9.17) is 0 Å². The maximum Gasteiger partial charge on any atom is 0.172 e. The van der Waals surface area contributed by atoms with Crippen LogP contribution in [0.1, 0.15) is 0 Å². The minimum Gasteiger partial charge on any atom is -0.504 e. The van der Waals surface area contributed by atoms with E-state index in [1.54, 1.807) is 10.9 Å². The predicted molar refractivity (Wildman–Crippen MR) is 93.9 cm³/mol. The topological polar surface area (TPSA) is 50.9 Å². The summed E-state index contributed by atoms with van der Waals surface area (Å²) in [5.74, 6) is 0.128. The summed E-state index contributed by atoms with van der Waals surface area (Å²) in [6, 6.07) is 25.0. The molecule has 0 saturated carbocycles. The number of benzene rings is 2. The Labute approximate surface area is 139 Å². The van der Waals surface area contributed by atoms with Crippen molar-refractivity contribution < 1.29 is 5.11 Å². The molecule has 2 aromatic heterocycles. The molecule has 4 aromatic rings. The molecule has 4 nitrogen and oxygen atoms in total. The zero-order valence-corrected chi connectivity index (χ0v) is 12.9. The number of para-hydroxylation sites is 1. The third-order valence-electron chi connectivity index (χ3n) is 3.82. The fraction of sp³-hybridized carbons (Fsp3) is 0. The van der Waals surface area contributed by atoms with Crippen LogP contribution in [0.3, 0.4) is 0 Å². The van der Waals surface area contributed by atoms with Gasteiger partial charge in [-0.15, -0.1) is 0 Å². The van der Waals surface area contributed by atoms with Gasteiger partial charge in [0.15, 0.2) is 5.75 Å². The second-order valence-corrected chi connectivity index (χ2v) is 5.37. The summed E-state index contributed by atoms with van der Waals surface area (Å²) in [4.78, 5) is 4.38. The summed E-state index contributed by atoms with van der Waals surface area (Å²) in [6.45, 7) is 0. The predicted octanol–water partition coefficient (Wildman–Crippen LogP) is 4.31. The molecule has 0 amide bonds. The Bertz CT molecular complexity index is 948. The SMILES string of the molecule is Oc1c(-c2ccccc2)nn(-c2ccccc2)c1-c1ccccn1. The number of aromatic hydroxyl groups is 1. The maximum absolute atomic E-state index is 10.9. The van der Waals surface area contributed by atoms with Gasteiger partial charge in [-0.25, -0.2) is 4.68 Å². The van der Waals surface area contributed by atoms with Gasteiger partial charge in [-0.1, -0.05) is 54.6 Å². The molecule has 0 aliphatic rings. The molecule has 0 aliphatic heterocycles. The standard InChI is InChI=1S/C20H15N3O/c24-20-18(15-9-3-1-4-10-15)22-23(16-11-5-2-6-12-16)19(20)17-13-7-8-14-21-17/h1-14,24H. The van der Waals surface area contributed by atoms with Gasteiger partial charge in [0.1, 0.15) is 11.4 Å².